The van der Waals surface area contributed by atoms with Crippen LogP contribution >= 0.6 is 0 Å². The summed E-state index contributed by atoms with van der Waals surface area (Å²) in [6, 6.07) is 0.0450. The van der Waals surface area contributed by atoms with Crippen LogP contribution < -0.4 is 5.32 Å². The number of hydrogen-bond donors (Lipinski definition) is 1. The Balaban J connectivity index is 1.63. The second-order valence-electron chi connectivity index (χ2n) is 6.59. The van der Waals surface area contributed by atoms with Crippen molar-refractivity contribution in [2.75, 3.05) is 32.7 Å². The zero-order chi connectivity index (χ0) is 15.8. The van der Waals surface area contributed by atoms with Gasteiger partial charge in [0.1, 0.15) is 0 Å². The highest BCUT2D eigenvalue weighted by atomic mass is 16.2. The number of hydrogen-bond acceptors (Lipinski definition) is 2. The minimum Gasteiger partial charge on any atom is -0.342 e. The number of nitrogens with one attached hydrogen (secondary N) is 1. The van der Waals surface area contributed by atoms with Gasteiger partial charge in [0, 0.05) is 38.6 Å². The van der Waals surface area contributed by atoms with E-state index in [0.717, 1.165) is 51.7 Å². The molecule has 0 bridgehead atoms. The largest absolute Gasteiger partial charge is 0.342 e. The van der Waals surface area contributed by atoms with Gasteiger partial charge in [0.05, 0.1) is 0 Å². The van der Waals surface area contributed by atoms with Crippen LogP contribution in [0.3, 0.4) is 0 Å². The van der Waals surface area contributed by atoms with Crippen LogP contribution in [0.25, 0.3) is 0 Å². The molecule has 0 radical (unpaired) electrons. The third kappa shape index (κ3) is 4.89. The standard InChI is InChI=1S/C17H31N3O2/c1-2-3-4-5-10-18-17(22)20-13-8-15(9-14-20)16(21)19-11-6-7-12-19/h15H,2-14H2,1H3,(H,18,22). The van der Waals surface area contributed by atoms with Crippen molar-refractivity contribution in [2.45, 2.75) is 58.3 Å². The smallest absolute Gasteiger partial charge is 0.317 e. The van der Waals surface area contributed by atoms with Gasteiger partial charge in [-0.3, -0.25) is 4.79 Å². The molecule has 0 unspecified atom stereocenters. The number of carbonyl (C=O) groups is 2. The molecular weight excluding hydrogens is 278 g/mol. The quantitative estimate of drug-likeness (QED) is 0.767. The zero-order valence-electron chi connectivity index (χ0n) is 14.0. The first-order valence-electron chi connectivity index (χ1n) is 9.04. The summed E-state index contributed by atoms with van der Waals surface area (Å²) in [6.45, 7) is 6.24. The van der Waals surface area contributed by atoms with Gasteiger partial charge in [0.15, 0.2) is 0 Å². The lowest BCUT2D eigenvalue weighted by molar-refractivity contribution is -0.135. The summed E-state index contributed by atoms with van der Waals surface area (Å²) >= 11 is 0. The normalized spacial score (nSPS) is 19.5. The van der Waals surface area contributed by atoms with E-state index in [1.165, 1.54) is 19.3 Å². The van der Waals surface area contributed by atoms with E-state index >= 15 is 0 Å². The molecule has 3 amide bonds. The van der Waals surface area contributed by atoms with Crippen molar-refractivity contribution in [3.8, 4) is 0 Å². The molecule has 5 nitrogen and oxygen atoms in total. The molecular formula is C17H31N3O2. The number of nitrogens with zero attached hydrogens (tertiary/aromatic N) is 2. The molecule has 22 heavy (non-hydrogen) atoms. The van der Waals surface area contributed by atoms with E-state index in [1.54, 1.807) is 0 Å². The first kappa shape index (κ1) is 17.1. The summed E-state index contributed by atoms with van der Waals surface area (Å²) in [5.41, 5.74) is 0. The van der Waals surface area contributed by atoms with Gasteiger partial charge >= 0.3 is 6.03 Å². The van der Waals surface area contributed by atoms with E-state index in [1.807, 2.05) is 9.80 Å². The third-order valence-corrected chi connectivity index (χ3v) is 4.86. The first-order valence-corrected chi connectivity index (χ1v) is 9.04. The molecule has 126 valence electrons. The van der Waals surface area contributed by atoms with E-state index < -0.39 is 0 Å². The number of urea groups is 1. The fourth-order valence-electron chi connectivity index (χ4n) is 3.38. The van der Waals surface area contributed by atoms with E-state index in [-0.39, 0.29) is 11.9 Å². The Bertz CT molecular complexity index is 359. The molecule has 2 saturated heterocycles. The SMILES string of the molecule is CCCCCCNC(=O)N1CCC(C(=O)N2CCCC2)CC1. The van der Waals surface area contributed by atoms with Crippen molar-refractivity contribution in [1.29, 1.82) is 0 Å². The van der Waals surface area contributed by atoms with Gasteiger partial charge in [-0.15, -0.1) is 0 Å². The topological polar surface area (TPSA) is 52.7 Å². The Kier molecular flexibility index (Phi) is 7.00. The summed E-state index contributed by atoms with van der Waals surface area (Å²) in [5.74, 6) is 0.448. The van der Waals surface area contributed by atoms with E-state index in [2.05, 4.69) is 12.2 Å². The van der Waals surface area contributed by atoms with Crippen LogP contribution in [0.4, 0.5) is 4.79 Å². The van der Waals surface area contributed by atoms with Gasteiger partial charge in [-0.2, -0.15) is 0 Å². The van der Waals surface area contributed by atoms with Crippen molar-refractivity contribution < 1.29 is 9.59 Å². The van der Waals surface area contributed by atoms with Gasteiger partial charge < -0.3 is 15.1 Å². The molecule has 1 N–H and O–H groups in total. The minimum atomic E-state index is 0.0450. The molecule has 0 saturated carbocycles. The van der Waals surface area contributed by atoms with Crippen molar-refractivity contribution >= 4 is 11.9 Å². The van der Waals surface area contributed by atoms with Crippen LogP contribution in [0.1, 0.15) is 58.3 Å². The lowest BCUT2D eigenvalue weighted by Crippen LogP contribution is -2.47. The summed E-state index contributed by atoms with van der Waals surface area (Å²) in [7, 11) is 0. The summed E-state index contributed by atoms with van der Waals surface area (Å²) in [6.07, 6.45) is 8.62. The molecule has 2 aliphatic heterocycles. The second kappa shape index (κ2) is 9.01. The average molecular weight is 309 g/mol. The molecule has 0 aromatic heterocycles. The van der Waals surface area contributed by atoms with Crippen LogP contribution in [-0.2, 0) is 4.79 Å². The highest BCUT2D eigenvalue weighted by molar-refractivity contribution is 5.80. The van der Waals surface area contributed by atoms with Crippen LogP contribution in [0.5, 0.6) is 0 Å². The van der Waals surface area contributed by atoms with E-state index in [9.17, 15) is 9.59 Å². The van der Waals surface area contributed by atoms with Crippen molar-refractivity contribution in [1.82, 2.24) is 15.1 Å². The molecule has 0 aromatic rings. The monoisotopic (exact) mass is 309 g/mol. The fraction of sp³-hybridized carbons (Fsp3) is 0.882. The van der Waals surface area contributed by atoms with Crippen molar-refractivity contribution in [3.63, 3.8) is 0 Å². The van der Waals surface area contributed by atoms with Crippen LogP contribution in [0.15, 0.2) is 0 Å². The second-order valence-corrected chi connectivity index (χ2v) is 6.59. The maximum Gasteiger partial charge on any atom is 0.317 e. The third-order valence-electron chi connectivity index (χ3n) is 4.86. The van der Waals surface area contributed by atoms with Crippen molar-refractivity contribution in [3.05, 3.63) is 0 Å². The Morgan fingerprint density at radius 3 is 2.27 bits per heavy atom. The lowest BCUT2D eigenvalue weighted by atomic mass is 9.95. The summed E-state index contributed by atoms with van der Waals surface area (Å²) in [5, 5.41) is 3.00. The number of unbranched alkanes of at least 4 members (excludes halogenated alkanes) is 3. The molecule has 0 atom stereocenters. The Morgan fingerprint density at radius 2 is 1.64 bits per heavy atom. The number of likely N-dealkylation sites (tertiary alicyclic amines) is 2. The first-order chi connectivity index (χ1) is 10.7. The highest BCUT2D eigenvalue weighted by Gasteiger charge is 2.30. The van der Waals surface area contributed by atoms with E-state index in [4.69, 9.17) is 0 Å². The molecule has 2 aliphatic rings. The van der Waals surface area contributed by atoms with Crippen LogP contribution in [0, 0.1) is 5.92 Å². The average Bonchev–Trinajstić information content (AvgIpc) is 3.08. The Labute approximate surface area is 134 Å². The summed E-state index contributed by atoms with van der Waals surface area (Å²) < 4.78 is 0. The Hall–Kier alpha value is -1.26. The fourth-order valence-corrected chi connectivity index (χ4v) is 3.38. The molecule has 0 aliphatic carbocycles. The number of rotatable bonds is 6. The Morgan fingerprint density at radius 1 is 0.955 bits per heavy atom. The molecule has 5 heteroatoms. The maximum atomic E-state index is 12.4. The predicted molar refractivity (Wildman–Crippen MR) is 87.7 cm³/mol. The highest BCUT2D eigenvalue weighted by Crippen LogP contribution is 2.22. The summed E-state index contributed by atoms with van der Waals surface area (Å²) in [4.78, 5) is 28.3. The van der Waals surface area contributed by atoms with Gasteiger partial charge in [0.2, 0.25) is 5.91 Å². The molecule has 0 spiro atoms. The van der Waals surface area contributed by atoms with E-state index in [0.29, 0.717) is 19.0 Å². The molecule has 2 heterocycles. The number of amides is 3. The minimum absolute atomic E-state index is 0.0450. The maximum absolute atomic E-state index is 12.4. The van der Waals surface area contributed by atoms with Crippen molar-refractivity contribution in [2.24, 2.45) is 5.92 Å². The van der Waals surface area contributed by atoms with Gasteiger partial charge in [0.25, 0.3) is 0 Å². The molecule has 2 fully saturated rings. The molecule has 2 rings (SSSR count). The molecule has 0 aromatic carbocycles. The zero-order valence-corrected chi connectivity index (χ0v) is 14.0. The van der Waals surface area contributed by atoms with Crippen LogP contribution in [0.2, 0.25) is 0 Å². The number of carbonyl (C=O) groups excluding carboxylic acids is 2. The lowest BCUT2D eigenvalue weighted by Gasteiger charge is -2.33. The van der Waals surface area contributed by atoms with Crippen LogP contribution in [-0.4, -0.2) is 54.5 Å². The van der Waals surface area contributed by atoms with Gasteiger partial charge in [-0.1, -0.05) is 26.2 Å². The van der Waals surface area contributed by atoms with Gasteiger partial charge in [-0.25, -0.2) is 4.79 Å². The predicted octanol–water partition coefficient (Wildman–Crippen LogP) is 2.61. The van der Waals surface area contributed by atoms with Gasteiger partial charge in [-0.05, 0) is 32.1 Å². The number of piperidine rings is 1.